The number of halogens is 2. The third-order valence-corrected chi connectivity index (χ3v) is 5.52. The van der Waals surface area contributed by atoms with Crippen molar-refractivity contribution in [2.75, 3.05) is 44.0 Å². The highest BCUT2D eigenvalue weighted by molar-refractivity contribution is 6.30. The highest BCUT2D eigenvalue weighted by Crippen LogP contribution is 2.27. The summed E-state index contributed by atoms with van der Waals surface area (Å²) >= 11 is 5.99. The second kappa shape index (κ2) is 10.7. The number of rotatable bonds is 7. The van der Waals surface area contributed by atoms with Crippen molar-refractivity contribution in [3.63, 3.8) is 0 Å². The molecule has 0 bridgehead atoms. The number of pyridine rings is 1. The van der Waals surface area contributed by atoms with Crippen LogP contribution in [-0.4, -0.2) is 64.2 Å². The Morgan fingerprint density at radius 1 is 1.18 bits per heavy atom. The average Bonchev–Trinajstić information content (AvgIpc) is 2.80. The predicted octanol–water partition coefficient (Wildman–Crippen LogP) is 4.00. The van der Waals surface area contributed by atoms with Gasteiger partial charge in [0.2, 0.25) is 5.91 Å². The van der Waals surface area contributed by atoms with E-state index < -0.39 is 5.82 Å². The molecule has 1 aliphatic rings. The average molecular weight is 470 g/mol. The van der Waals surface area contributed by atoms with E-state index in [1.54, 1.807) is 24.4 Å². The Morgan fingerprint density at radius 3 is 2.91 bits per heavy atom. The largest absolute Gasteiger partial charge is 0.354 e. The minimum absolute atomic E-state index is 0.0860. The Hall–Kier alpha value is -3.14. The molecular weight excluding hydrogens is 445 g/mol. The fourth-order valence-electron chi connectivity index (χ4n) is 3.70. The minimum Gasteiger partial charge on any atom is -0.354 e. The van der Waals surface area contributed by atoms with Gasteiger partial charge in [0.25, 0.3) is 0 Å². The topological polar surface area (TPSA) is 86.3 Å². The fourth-order valence-corrected chi connectivity index (χ4v) is 3.87. The van der Waals surface area contributed by atoms with Crippen LogP contribution in [0.2, 0.25) is 5.02 Å². The lowest BCUT2D eigenvalue weighted by molar-refractivity contribution is -0.116. The second-order valence-electron chi connectivity index (χ2n) is 8.00. The normalized spacial score (nSPS) is 14.8. The van der Waals surface area contributed by atoms with Crippen LogP contribution in [-0.2, 0) is 4.79 Å². The molecule has 1 fully saturated rings. The lowest BCUT2D eigenvalue weighted by Crippen LogP contribution is -2.43. The summed E-state index contributed by atoms with van der Waals surface area (Å²) in [6, 6.07) is 9.45. The van der Waals surface area contributed by atoms with Crippen LogP contribution in [0.1, 0.15) is 12.8 Å². The van der Waals surface area contributed by atoms with Crippen molar-refractivity contribution < 1.29 is 9.18 Å². The molecule has 1 amide bonds. The summed E-state index contributed by atoms with van der Waals surface area (Å²) in [5, 5.41) is 14.4. The van der Waals surface area contributed by atoms with Crippen molar-refractivity contribution >= 4 is 34.7 Å². The molecule has 1 saturated heterocycles. The third-order valence-electron chi connectivity index (χ3n) is 5.29. The molecule has 3 aromatic rings. The van der Waals surface area contributed by atoms with Gasteiger partial charge in [0.15, 0.2) is 0 Å². The van der Waals surface area contributed by atoms with Gasteiger partial charge < -0.3 is 10.6 Å². The standard InChI is InChI=1S/C23H25ClFN7O/c1-31-8-2-9-32(15-31)10-6-23(33)29-22-13-17(5-7-26-22)28-18-12-21(30-27-14-18)19-11-16(24)3-4-20(19)25/h3-5,7,11-14H,2,6,8-10,15H2,1H3,(H2,26,28,29,30,33). The van der Waals surface area contributed by atoms with Gasteiger partial charge in [-0.25, -0.2) is 9.37 Å². The van der Waals surface area contributed by atoms with Crippen LogP contribution in [0, 0.1) is 5.82 Å². The number of anilines is 3. The highest BCUT2D eigenvalue weighted by atomic mass is 35.5. The van der Waals surface area contributed by atoms with E-state index in [0.717, 1.165) is 26.2 Å². The van der Waals surface area contributed by atoms with Gasteiger partial charge in [-0.3, -0.25) is 14.6 Å². The van der Waals surface area contributed by atoms with Crippen LogP contribution in [0.3, 0.4) is 0 Å². The molecule has 172 valence electrons. The SMILES string of the molecule is CN1CCCN(CCC(=O)Nc2cc(Nc3cnnc(-c4cc(Cl)ccc4F)c3)ccn2)C1. The van der Waals surface area contributed by atoms with E-state index in [-0.39, 0.29) is 11.5 Å². The van der Waals surface area contributed by atoms with Crippen LogP contribution in [0.5, 0.6) is 0 Å². The molecule has 0 saturated carbocycles. The van der Waals surface area contributed by atoms with Gasteiger partial charge in [0.1, 0.15) is 11.6 Å². The molecule has 33 heavy (non-hydrogen) atoms. The molecule has 3 heterocycles. The Bertz CT molecular complexity index is 1130. The second-order valence-corrected chi connectivity index (χ2v) is 8.44. The van der Waals surface area contributed by atoms with Crippen molar-refractivity contribution in [3.05, 3.63) is 59.6 Å². The smallest absolute Gasteiger partial charge is 0.226 e. The van der Waals surface area contributed by atoms with E-state index in [4.69, 9.17) is 11.6 Å². The molecule has 2 N–H and O–H groups in total. The number of benzene rings is 1. The number of hydrogen-bond acceptors (Lipinski definition) is 7. The van der Waals surface area contributed by atoms with Crippen molar-refractivity contribution in [1.82, 2.24) is 25.0 Å². The fraction of sp³-hybridized carbons (Fsp3) is 0.304. The van der Waals surface area contributed by atoms with E-state index in [0.29, 0.717) is 40.9 Å². The first-order chi connectivity index (χ1) is 16.0. The van der Waals surface area contributed by atoms with Crippen LogP contribution < -0.4 is 10.6 Å². The number of amides is 1. The van der Waals surface area contributed by atoms with Gasteiger partial charge in [-0.1, -0.05) is 11.6 Å². The monoisotopic (exact) mass is 469 g/mol. The Balaban J connectivity index is 1.38. The maximum Gasteiger partial charge on any atom is 0.226 e. The first-order valence-electron chi connectivity index (χ1n) is 10.7. The molecule has 1 aromatic carbocycles. The van der Waals surface area contributed by atoms with E-state index in [1.807, 2.05) is 0 Å². The summed E-state index contributed by atoms with van der Waals surface area (Å²) in [6.45, 7) is 3.69. The van der Waals surface area contributed by atoms with Crippen LogP contribution >= 0.6 is 11.6 Å². The first kappa shape index (κ1) is 23.0. The van der Waals surface area contributed by atoms with E-state index in [9.17, 15) is 9.18 Å². The molecular formula is C23H25ClFN7O. The summed E-state index contributed by atoms with van der Waals surface area (Å²) in [5.74, 6) is -0.0722. The predicted molar refractivity (Wildman–Crippen MR) is 127 cm³/mol. The summed E-state index contributed by atoms with van der Waals surface area (Å²) in [6.07, 6.45) is 4.64. The van der Waals surface area contributed by atoms with E-state index in [1.165, 1.54) is 24.4 Å². The molecule has 8 nitrogen and oxygen atoms in total. The number of nitrogens with zero attached hydrogens (tertiary/aromatic N) is 5. The number of aromatic nitrogens is 3. The minimum atomic E-state index is -0.434. The zero-order chi connectivity index (χ0) is 23.2. The summed E-state index contributed by atoms with van der Waals surface area (Å²) in [5.41, 5.74) is 1.92. The Labute approximate surface area is 196 Å². The van der Waals surface area contributed by atoms with E-state index >= 15 is 0 Å². The molecule has 0 unspecified atom stereocenters. The molecule has 10 heteroatoms. The third kappa shape index (κ3) is 6.44. The molecule has 4 rings (SSSR count). The lowest BCUT2D eigenvalue weighted by Gasteiger charge is -2.32. The van der Waals surface area contributed by atoms with Crippen molar-refractivity contribution in [2.24, 2.45) is 0 Å². The number of carbonyl (C=O) groups is 1. The Kier molecular flexibility index (Phi) is 7.43. The number of nitrogens with one attached hydrogen (secondary N) is 2. The maximum atomic E-state index is 14.2. The molecule has 0 spiro atoms. The number of hydrogen-bond donors (Lipinski definition) is 2. The Morgan fingerprint density at radius 2 is 2.06 bits per heavy atom. The van der Waals surface area contributed by atoms with Gasteiger partial charge in [0.05, 0.1) is 24.2 Å². The molecule has 0 atom stereocenters. The highest BCUT2D eigenvalue weighted by Gasteiger charge is 2.15. The van der Waals surface area contributed by atoms with Crippen molar-refractivity contribution in [1.29, 1.82) is 0 Å². The molecule has 2 aromatic heterocycles. The van der Waals surface area contributed by atoms with Gasteiger partial charge in [0, 0.05) is 54.6 Å². The molecule has 0 radical (unpaired) electrons. The zero-order valence-corrected chi connectivity index (χ0v) is 19.0. The summed E-state index contributed by atoms with van der Waals surface area (Å²) in [4.78, 5) is 21.1. The van der Waals surface area contributed by atoms with Gasteiger partial charge >= 0.3 is 0 Å². The van der Waals surface area contributed by atoms with E-state index in [2.05, 4.69) is 42.7 Å². The van der Waals surface area contributed by atoms with Gasteiger partial charge in [-0.05, 0) is 43.8 Å². The first-order valence-corrected chi connectivity index (χ1v) is 11.1. The lowest BCUT2D eigenvalue weighted by atomic mass is 10.1. The van der Waals surface area contributed by atoms with Crippen molar-refractivity contribution in [3.8, 4) is 11.3 Å². The van der Waals surface area contributed by atoms with Gasteiger partial charge in [-0.15, -0.1) is 0 Å². The zero-order valence-electron chi connectivity index (χ0n) is 18.3. The molecule has 1 aliphatic heterocycles. The van der Waals surface area contributed by atoms with Crippen LogP contribution in [0.25, 0.3) is 11.3 Å². The quantitative estimate of drug-likeness (QED) is 0.541. The van der Waals surface area contributed by atoms with Crippen LogP contribution in [0.4, 0.5) is 21.6 Å². The van der Waals surface area contributed by atoms with Crippen LogP contribution in [0.15, 0.2) is 48.8 Å². The summed E-state index contributed by atoms with van der Waals surface area (Å²) < 4.78 is 14.2. The summed E-state index contributed by atoms with van der Waals surface area (Å²) in [7, 11) is 2.08. The van der Waals surface area contributed by atoms with Gasteiger partial charge in [-0.2, -0.15) is 10.2 Å². The van der Waals surface area contributed by atoms with Crippen molar-refractivity contribution in [2.45, 2.75) is 12.8 Å². The molecule has 0 aliphatic carbocycles. The maximum absolute atomic E-state index is 14.2. The number of carbonyl (C=O) groups excluding carboxylic acids is 1.